The first-order chi connectivity index (χ1) is 32.5. The number of rotatable bonds is 54. The van der Waals surface area contributed by atoms with Gasteiger partial charge in [0.15, 0.2) is 0 Å². The van der Waals surface area contributed by atoms with Gasteiger partial charge in [-0.2, -0.15) is 0 Å². The van der Waals surface area contributed by atoms with Gasteiger partial charge in [0.2, 0.25) is 5.91 Å². The van der Waals surface area contributed by atoms with Gasteiger partial charge in [-0.25, -0.2) is 0 Å². The molecule has 0 aliphatic rings. The van der Waals surface area contributed by atoms with Crippen molar-refractivity contribution in [2.24, 2.45) is 0 Å². The lowest BCUT2D eigenvalue weighted by molar-refractivity contribution is -0.870. The van der Waals surface area contributed by atoms with Crippen LogP contribution in [0.15, 0.2) is 24.3 Å². The number of phosphoric ester groups is 1. The van der Waals surface area contributed by atoms with Crippen molar-refractivity contribution in [3.8, 4) is 0 Å². The van der Waals surface area contributed by atoms with E-state index < -0.39 is 26.6 Å². The molecule has 0 rings (SSSR count). The number of hydrogen-bond acceptors (Lipinski definition) is 6. The molecule has 0 radical (unpaired) electrons. The van der Waals surface area contributed by atoms with E-state index in [4.69, 9.17) is 9.05 Å². The summed E-state index contributed by atoms with van der Waals surface area (Å²) in [6, 6.07) is -0.897. The Bertz CT molecular complexity index is 1140. The third kappa shape index (κ3) is 52.6. The Hall–Kier alpha value is -1.02. The average Bonchev–Trinajstić information content (AvgIpc) is 3.29. The zero-order valence-corrected chi connectivity index (χ0v) is 46.3. The first kappa shape index (κ1) is 66.0. The van der Waals surface area contributed by atoms with E-state index in [1.54, 1.807) is 6.08 Å². The summed E-state index contributed by atoms with van der Waals surface area (Å²) in [5.74, 6) is -0.207. The predicted molar refractivity (Wildman–Crippen MR) is 289 cm³/mol. The quantitative estimate of drug-likeness (QED) is 0.0272. The molecular weight excluding hydrogens is 852 g/mol. The van der Waals surface area contributed by atoms with Crippen molar-refractivity contribution in [3.63, 3.8) is 0 Å². The molecule has 0 fully saturated rings. The lowest BCUT2D eigenvalue weighted by atomic mass is 10.0. The lowest BCUT2D eigenvalue weighted by Gasteiger charge is -2.29. The SMILES string of the molecule is CCC/C=C/CC/C=C/C(O)C(COP(=O)([O-])OCC[N+](C)(C)C)NC(=O)CCCCCCCCCCCCCCCCCCCCCCCCCCCCCCCCCCCCCCCC. The number of unbranched alkanes of at least 4 members (excludes halogenated alkanes) is 39. The molecule has 0 aromatic carbocycles. The summed E-state index contributed by atoms with van der Waals surface area (Å²) in [6.45, 7) is 4.54. The molecule has 0 aliphatic heterocycles. The summed E-state index contributed by atoms with van der Waals surface area (Å²) in [5.41, 5.74) is 0. The van der Waals surface area contributed by atoms with Gasteiger partial charge in [-0.15, -0.1) is 0 Å². The molecule has 0 aliphatic carbocycles. The van der Waals surface area contributed by atoms with Crippen LogP contribution in [0.5, 0.6) is 0 Å². The number of hydrogen-bond donors (Lipinski definition) is 2. The fourth-order valence-corrected chi connectivity index (χ4v) is 9.55. The summed E-state index contributed by atoms with van der Waals surface area (Å²) in [4.78, 5) is 25.2. The molecule has 0 heterocycles. The Morgan fingerprint density at radius 2 is 0.836 bits per heavy atom. The van der Waals surface area contributed by atoms with Gasteiger partial charge in [0.05, 0.1) is 39.9 Å². The van der Waals surface area contributed by atoms with Crippen molar-refractivity contribution >= 4 is 13.7 Å². The van der Waals surface area contributed by atoms with E-state index in [1.807, 2.05) is 27.2 Å². The summed E-state index contributed by atoms with van der Waals surface area (Å²) >= 11 is 0. The van der Waals surface area contributed by atoms with Crippen LogP contribution in [0.4, 0.5) is 0 Å². The highest BCUT2D eigenvalue weighted by molar-refractivity contribution is 7.45. The van der Waals surface area contributed by atoms with Crippen LogP contribution < -0.4 is 10.2 Å². The second kappa shape index (κ2) is 49.9. The molecule has 8 nitrogen and oxygen atoms in total. The molecular formula is C58H115N2O6P. The van der Waals surface area contributed by atoms with E-state index in [9.17, 15) is 19.4 Å². The van der Waals surface area contributed by atoms with E-state index in [-0.39, 0.29) is 12.5 Å². The smallest absolute Gasteiger partial charge is 0.268 e. The summed E-state index contributed by atoms with van der Waals surface area (Å²) in [7, 11) is 1.25. The number of aliphatic hydroxyl groups is 1. The van der Waals surface area contributed by atoms with Gasteiger partial charge in [0.25, 0.3) is 7.82 Å². The normalized spacial score (nSPS) is 14.1. The first-order valence-corrected chi connectivity index (χ1v) is 30.7. The van der Waals surface area contributed by atoms with Crippen molar-refractivity contribution in [3.05, 3.63) is 24.3 Å². The van der Waals surface area contributed by atoms with Gasteiger partial charge in [-0.05, 0) is 25.7 Å². The minimum Gasteiger partial charge on any atom is -0.756 e. The van der Waals surface area contributed by atoms with Crippen LogP contribution in [0, 0.1) is 0 Å². The van der Waals surface area contributed by atoms with Crippen molar-refractivity contribution in [1.82, 2.24) is 5.32 Å². The second-order valence-electron chi connectivity index (χ2n) is 21.4. The number of aliphatic hydroxyl groups excluding tert-OH is 1. The van der Waals surface area contributed by atoms with E-state index in [0.29, 0.717) is 17.4 Å². The third-order valence-corrected chi connectivity index (χ3v) is 14.4. The number of likely N-dealkylation sites (N-methyl/N-ethyl adjacent to an activating group) is 1. The molecule has 0 spiro atoms. The summed E-state index contributed by atoms with van der Waals surface area (Å²) in [5, 5.41) is 13.7. The fraction of sp³-hybridized carbons (Fsp3) is 0.914. The second-order valence-corrected chi connectivity index (χ2v) is 22.8. The Kier molecular flexibility index (Phi) is 49.2. The summed E-state index contributed by atoms with van der Waals surface area (Å²) < 4.78 is 23.1. The molecule has 67 heavy (non-hydrogen) atoms. The highest BCUT2D eigenvalue weighted by Gasteiger charge is 2.23. The molecule has 398 valence electrons. The Balaban J connectivity index is 3.71. The standard InChI is InChI=1S/C58H115N2O6P/c1-6-8-10-12-14-15-16-17-18-19-20-21-22-23-24-25-26-27-28-29-30-31-32-33-34-35-36-37-38-39-40-41-42-43-44-46-48-50-52-58(62)59-56(57(61)51-49-47-45-13-11-9-7-2)55-66-67(63,64)65-54-53-60(3,4)5/h11,13,49,51,56-57,61H,6-10,12,14-48,50,52-55H2,1-5H3,(H-,59,62,63,64)/b13-11+,51-49+. The van der Waals surface area contributed by atoms with Gasteiger partial charge >= 0.3 is 0 Å². The fourth-order valence-electron chi connectivity index (χ4n) is 8.83. The largest absolute Gasteiger partial charge is 0.756 e. The molecule has 0 bridgehead atoms. The van der Waals surface area contributed by atoms with E-state index in [1.165, 1.54) is 225 Å². The number of carbonyl (C=O) groups is 1. The van der Waals surface area contributed by atoms with Crippen molar-refractivity contribution in [2.75, 3.05) is 40.9 Å². The minimum atomic E-state index is -4.59. The first-order valence-electron chi connectivity index (χ1n) is 29.2. The predicted octanol–water partition coefficient (Wildman–Crippen LogP) is 17.0. The molecule has 0 saturated carbocycles. The van der Waals surface area contributed by atoms with Crippen LogP contribution in [-0.4, -0.2) is 68.5 Å². The topological polar surface area (TPSA) is 108 Å². The minimum absolute atomic E-state index is 0.00487. The van der Waals surface area contributed by atoms with Gasteiger partial charge in [-0.3, -0.25) is 9.36 Å². The van der Waals surface area contributed by atoms with E-state index in [0.717, 1.165) is 44.9 Å². The zero-order chi connectivity index (χ0) is 49.2. The highest BCUT2D eigenvalue weighted by atomic mass is 31.2. The lowest BCUT2D eigenvalue weighted by Crippen LogP contribution is -2.45. The maximum absolute atomic E-state index is 12.8. The maximum atomic E-state index is 12.8. The number of allylic oxidation sites excluding steroid dienone is 3. The van der Waals surface area contributed by atoms with Crippen LogP contribution in [0.25, 0.3) is 0 Å². The van der Waals surface area contributed by atoms with Gasteiger partial charge in [0, 0.05) is 6.42 Å². The Morgan fingerprint density at radius 1 is 0.507 bits per heavy atom. The number of amides is 1. The van der Waals surface area contributed by atoms with Gasteiger partial charge in [0.1, 0.15) is 13.2 Å². The van der Waals surface area contributed by atoms with Gasteiger partial charge < -0.3 is 28.8 Å². The number of phosphoric acid groups is 1. The number of nitrogens with zero attached hydrogens (tertiary/aromatic N) is 1. The number of nitrogens with one attached hydrogen (secondary N) is 1. The van der Waals surface area contributed by atoms with Crippen molar-refractivity contribution in [1.29, 1.82) is 0 Å². The summed E-state index contributed by atoms with van der Waals surface area (Å²) in [6.07, 6.45) is 63.4. The molecule has 0 saturated heterocycles. The van der Waals surface area contributed by atoms with E-state index >= 15 is 0 Å². The molecule has 0 aromatic heterocycles. The molecule has 3 atom stereocenters. The van der Waals surface area contributed by atoms with Crippen molar-refractivity contribution < 1.29 is 32.9 Å². The zero-order valence-electron chi connectivity index (χ0n) is 45.4. The monoisotopic (exact) mass is 967 g/mol. The maximum Gasteiger partial charge on any atom is 0.268 e. The van der Waals surface area contributed by atoms with Crippen LogP contribution in [-0.2, 0) is 18.4 Å². The number of quaternary nitrogens is 1. The van der Waals surface area contributed by atoms with E-state index in [2.05, 4.69) is 31.3 Å². The van der Waals surface area contributed by atoms with Crippen molar-refractivity contribution in [2.45, 2.75) is 302 Å². The Morgan fingerprint density at radius 3 is 1.18 bits per heavy atom. The van der Waals surface area contributed by atoms with Crippen LogP contribution >= 0.6 is 7.82 Å². The van der Waals surface area contributed by atoms with Crippen LogP contribution in [0.1, 0.15) is 290 Å². The van der Waals surface area contributed by atoms with Crippen LogP contribution in [0.3, 0.4) is 0 Å². The molecule has 2 N–H and O–H groups in total. The Labute approximate surface area is 417 Å². The molecule has 1 amide bonds. The molecule has 0 aromatic rings. The average molecular weight is 968 g/mol. The number of carbonyl (C=O) groups excluding carboxylic acids is 1. The van der Waals surface area contributed by atoms with Gasteiger partial charge in [-0.1, -0.05) is 282 Å². The highest BCUT2D eigenvalue weighted by Crippen LogP contribution is 2.38. The van der Waals surface area contributed by atoms with Crippen LogP contribution in [0.2, 0.25) is 0 Å². The third-order valence-electron chi connectivity index (χ3n) is 13.4. The molecule has 9 heteroatoms. The molecule has 3 unspecified atom stereocenters.